The van der Waals surface area contributed by atoms with Gasteiger partial charge in [-0.1, -0.05) is 43.7 Å². The molecule has 1 aliphatic rings. The Kier molecular flexibility index (Phi) is 8.11. The highest BCUT2D eigenvalue weighted by Crippen LogP contribution is 2.35. The maximum atomic E-state index is 13.1. The summed E-state index contributed by atoms with van der Waals surface area (Å²) in [5.74, 6) is 0.432. The van der Waals surface area contributed by atoms with Crippen LogP contribution in [0.15, 0.2) is 58.4 Å². The van der Waals surface area contributed by atoms with Gasteiger partial charge in [-0.2, -0.15) is 0 Å². The van der Waals surface area contributed by atoms with Gasteiger partial charge in [-0.05, 0) is 67.4 Å². The molecule has 1 saturated heterocycles. The first-order valence-corrected chi connectivity index (χ1v) is 11.4. The molecule has 0 unspecified atom stereocenters. The van der Waals surface area contributed by atoms with Crippen molar-refractivity contribution in [3.8, 4) is 5.75 Å². The summed E-state index contributed by atoms with van der Waals surface area (Å²) in [7, 11) is 0. The van der Waals surface area contributed by atoms with E-state index in [1.807, 2.05) is 49.4 Å². The van der Waals surface area contributed by atoms with Gasteiger partial charge in [-0.3, -0.25) is 9.69 Å². The molecule has 0 radical (unpaired) electrons. The van der Waals surface area contributed by atoms with Gasteiger partial charge in [-0.25, -0.2) is 9.79 Å². The van der Waals surface area contributed by atoms with Gasteiger partial charge in [0, 0.05) is 6.54 Å². The van der Waals surface area contributed by atoms with E-state index in [1.165, 1.54) is 17.3 Å². The standard InChI is InChI=1S/C25H28N2O4S/c1-5-30-23(28)16-31-21-12-8-19(9-13-21)14-22-24(29)27(15-17(2)3)25(32-22)26-20-10-6-18(4)7-11-20/h6-14,17H,5,15-16H2,1-4H3/b22-14+,26-25?. The van der Waals surface area contributed by atoms with Crippen molar-refractivity contribution in [1.82, 2.24) is 4.90 Å². The molecular formula is C25H28N2O4S. The Morgan fingerprint density at radius 1 is 1.12 bits per heavy atom. The van der Waals surface area contributed by atoms with Crippen molar-refractivity contribution in [3.63, 3.8) is 0 Å². The van der Waals surface area contributed by atoms with Gasteiger partial charge in [0.05, 0.1) is 17.2 Å². The summed E-state index contributed by atoms with van der Waals surface area (Å²) >= 11 is 1.38. The van der Waals surface area contributed by atoms with Crippen LogP contribution in [0.4, 0.5) is 5.69 Å². The number of aryl methyl sites for hydroxylation is 1. The number of carbonyl (C=O) groups excluding carboxylic acids is 2. The quantitative estimate of drug-likeness (QED) is 0.407. The molecule has 0 saturated carbocycles. The van der Waals surface area contributed by atoms with Crippen molar-refractivity contribution in [3.05, 3.63) is 64.6 Å². The molecule has 2 aromatic carbocycles. The van der Waals surface area contributed by atoms with Gasteiger partial charge >= 0.3 is 5.97 Å². The minimum absolute atomic E-state index is 0.0443. The second-order valence-electron chi connectivity index (χ2n) is 7.81. The number of rotatable bonds is 8. The molecular weight excluding hydrogens is 424 g/mol. The van der Waals surface area contributed by atoms with E-state index in [9.17, 15) is 9.59 Å². The normalized spacial score (nSPS) is 16.3. The van der Waals surface area contributed by atoms with Crippen LogP contribution in [0.25, 0.3) is 6.08 Å². The number of amides is 1. The van der Waals surface area contributed by atoms with Crippen LogP contribution in [-0.2, 0) is 14.3 Å². The summed E-state index contributed by atoms with van der Waals surface area (Å²) in [6, 6.07) is 15.2. The van der Waals surface area contributed by atoms with Gasteiger partial charge in [0.25, 0.3) is 5.91 Å². The molecule has 0 spiro atoms. The minimum atomic E-state index is -0.405. The molecule has 1 aliphatic heterocycles. The highest BCUT2D eigenvalue weighted by molar-refractivity contribution is 8.18. The third-order valence-electron chi connectivity index (χ3n) is 4.53. The molecule has 3 rings (SSSR count). The zero-order valence-electron chi connectivity index (χ0n) is 18.8. The second kappa shape index (κ2) is 11.0. The van der Waals surface area contributed by atoms with E-state index in [0.717, 1.165) is 11.3 Å². The van der Waals surface area contributed by atoms with Crippen molar-refractivity contribution < 1.29 is 19.1 Å². The Morgan fingerprint density at radius 2 is 1.81 bits per heavy atom. The highest BCUT2D eigenvalue weighted by Gasteiger charge is 2.33. The number of amidine groups is 1. The lowest BCUT2D eigenvalue weighted by molar-refractivity contribution is -0.145. The Bertz CT molecular complexity index is 1010. The van der Waals surface area contributed by atoms with Crippen molar-refractivity contribution in [2.24, 2.45) is 10.9 Å². The summed E-state index contributed by atoms with van der Waals surface area (Å²) in [5, 5.41) is 0.688. The number of aliphatic imine (C=N–C) groups is 1. The van der Waals surface area contributed by atoms with Crippen LogP contribution >= 0.6 is 11.8 Å². The number of carbonyl (C=O) groups is 2. The van der Waals surface area contributed by atoms with Crippen LogP contribution in [0.3, 0.4) is 0 Å². The summed E-state index contributed by atoms with van der Waals surface area (Å²) in [5.41, 5.74) is 2.85. The molecule has 0 bridgehead atoms. The molecule has 168 valence electrons. The van der Waals surface area contributed by atoms with Crippen molar-refractivity contribution in [2.45, 2.75) is 27.7 Å². The summed E-state index contributed by atoms with van der Waals surface area (Å²) in [6.45, 7) is 8.74. The molecule has 0 atom stereocenters. The maximum absolute atomic E-state index is 13.1. The summed E-state index contributed by atoms with van der Waals surface area (Å²) in [4.78, 5) is 31.6. The van der Waals surface area contributed by atoms with E-state index in [1.54, 1.807) is 24.0 Å². The largest absolute Gasteiger partial charge is 0.482 e. The third kappa shape index (κ3) is 6.47. The Labute approximate surface area is 193 Å². The molecule has 1 fully saturated rings. The Morgan fingerprint density at radius 3 is 2.44 bits per heavy atom. The van der Waals surface area contributed by atoms with E-state index in [4.69, 9.17) is 14.5 Å². The van der Waals surface area contributed by atoms with E-state index in [2.05, 4.69) is 13.8 Å². The SMILES string of the molecule is CCOC(=O)COc1ccc(/C=C2/SC(=Nc3ccc(C)cc3)N(CC(C)C)C2=O)cc1. The maximum Gasteiger partial charge on any atom is 0.344 e. The molecule has 0 N–H and O–H groups in total. The zero-order valence-corrected chi connectivity index (χ0v) is 19.6. The zero-order chi connectivity index (χ0) is 23.1. The highest BCUT2D eigenvalue weighted by atomic mass is 32.2. The van der Waals surface area contributed by atoms with Gasteiger partial charge in [0.15, 0.2) is 11.8 Å². The van der Waals surface area contributed by atoms with Crippen LogP contribution in [-0.4, -0.2) is 41.7 Å². The first kappa shape index (κ1) is 23.6. The fraction of sp³-hybridized carbons (Fsp3) is 0.320. The number of ether oxygens (including phenoxy) is 2. The van der Waals surface area contributed by atoms with Crippen molar-refractivity contribution in [1.29, 1.82) is 0 Å². The first-order valence-electron chi connectivity index (χ1n) is 10.6. The van der Waals surface area contributed by atoms with E-state index >= 15 is 0 Å². The lowest BCUT2D eigenvalue weighted by atomic mass is 10.2. The molecule has 2 aromatic rings. The van der Waals surface area contributed by atoms with Gasteiger partial charge in [0.1, 0.15) is 5.75 Å². The molecule has 0 aromatic heterocycles. The Balaban J connectivity index is 1.77. The van der Waals surface area contributed by atoms with Crippen molar-refractivity contribution >= 4 is 40.6 Å². The lowest BCUT2D eigenvalue weighted by Crippen LogP contribution is -2.32. The van der Waals surface area contributed by atoms with E-state index < -0.39 is 5.97 Å². The second-order valence-corrected chi connectivity index (χ2v) is 8.82. The topological polar surface area (TPSA) is 68.2 Å². The third-order valence-corrected chi connectivity index (χ3v) is 5.54. The molecule has 0 aliphatic carbocycles. The number of benzene rings is 2. The van der Waals surface area contributed by atoms with Crippen LogP contribution < -0.4 is 4.74 Å². The number of nitrogens with zero attached hydrogens (tertiary/aromatic N) is 2. The Hall–Kier alpha value is -3.06. The van der Waals surface area contributed by atoms with Gasteiger partial charge in [0.2, 0.25) is 0 Å². The fourth-order valence-electron chi connectivity index (χ4n) is 3.00. The number of thioether (sulfide) groups is 1. The average molecular weight is 453 g/mol. The first-order chi connectivity index (χ1) is 15.4. The number of hydrogen-bond donors (Lipinski definition) is 0. The fourth-order valence-corrected chi connectivity index (χ4v) is 4.01. The van der Waals surface area contributed by atoms with Gasteiger partial charge in [-0.15, -0.1) is 0 Å². The van der Waals surface area contributed by atoms with Crippen LogP contribution in [0, 0.1) is 12.8 Å². The summed E-state index contributed by atoms with van der Waals surface area (Å²) in [6.07, 6.45) is 1.85. The molecule has 32 heavy (non-hydrogen) atoms. The van der Waals surface area contributed by atoms with E-state index in [-0.39, 0.29) is 12.5 Å². The lowest BCUT2D eigenvalue weighted by Gasteiger charge is -2.17. The molecule has 7 heteroatoms. The summed E-state index contributed by atoms with van der Waals surface area (Å²) < 4.78 is 10.3. The predicted molar refractivity (Wildman–Crippen MR) is 129 cm³/mol. The van der Waals surface area contributed by atoms with E-state index in [0.29, 0.717) is 34.9 Å². The van der Waals surface area contributed by atoms with Crippen molar-refractivity contribution in [2.75, 3.05) is 19.8 Å². The molecule has 1 amide bonds. The predicted octanol–water partition coefficient (Wildman–Crippen LogP) is 5.20. The van der Waals surface area contributed by atoms with Crippen LogP contribution in [0.2, 0.25) is 0 Å². The average Bonchev–Trinajstić information content (AvgIpc) is 3.03. The monoisotopic (exact) mass is 452 g/mol. The van der Waals surface area contributed by atoms with Gasteiger partial charge < -0.3 is 9.47 Å². The van der Waals surface area contributed by atoms with Crippen LogP contribution in [0.1, 0.15) is 31.9 Å². The number of hydrogen-bond acceptors (Lipinski definition) is 6. The van der Waals surface area contributed by atoms with Crippen LogP contribution in [0.5, 0.6) is 5.75 Å². The minimum Gasteiger partial charge on any atom is -0.482 e. The number of esters is 1. The molecule has 1 heterocycles. The smallest absolute Gasteiger partial charge is 0.344 e. The molecule has 6 nitrogen and oxygen atoms in total.